The molecule has 13 heteroatoms. The second-order valence-electron chi connectivity index (χ2n) is 9.67. The van der Waals surface area contributed by atoms with Crippen LogP contribution in [0.2, 0.25) is 0 Å². The van der Waals surface area contributed by atoms with E-state index in [0.29, 0.717) is 11.3 Å². The lowest BCUT2D eigenvalue weighted by molar-refractivity contribution is 0.00706. The monoisotopic (exact) mass is 547 g/mol. The van der Waals surface area contributed by atoms with E-state index in [-0.39, 0.29) is 47.7 Å². The molecule has 7 rings (SSSR count). The van der Waals surface area contributed by atoms with Crippen LogP contribution in [0, 0.1) is 11.6 Å². The fourth-order valence-corrected chi connectivity index (χ4v) is 5.22. The van der Waals surface area contributed by atoms with Crippen LogP contribution in [0.15, 0.2) is 54.6 Å². The molecule has 4 heterocycles. The van der Waals surface area contributed by atoms with Gasteiger partial charge in [0, 0.05) is 6.07 Å². The van der Waals surface area contributed by atoms with Gasteiger partial charge < -0.3 is 35.8 Å². The van der Waals surface area contributed by atoms with Gasteiger partial charge in [-0.2, -0.15) is 14.6 Å². The van der Waals surface area contributed by atoms with E-state index >= 15 is 8.78 Å². The summed E-state index contributed by atoms with van der Waals surface area (Å²) in [5.41, 5.74) is 14.1. The van der Waals surface area contributed by atoms with Gasteiger partial charge >= 0.3 is 0 Å². The van der Waals surface area contributed by atoms with Crippen molar-refractivity contribution < 1.29 is 28.1 Å². The highest BCUT2D eigenvalue weighted by Crippen LogP contribution is 2.35. The molecule has 6 N–H and O–H groups in total. The number of nitrogen functional groups attached to an aromatic ring is 2. The molecule has 2 aliphatic rings. The molecule has 2 saturated heterocycles. The smallest absolute Gasteiger partial charge is 0.295 e. The molecule has 0 unspecified atom stereocenters. The summed E-state index contributed by atoms with van der Waals surface area (Å²) in [6.07, 6.45) is -2.21. The molecule has 4 atom stereocenters. The summed E-state index contributed by atoms with van der Waals surface area (Å²) in [6.45, 7) is 0.333. The molecule has 2 fully saturated rings. The van der Waals surface area contributed by atoms with Gasteiger partial charge in [-0.25, -0.2) is 8.78 Å². The van der Waals surface area contributed by atoms with E-state index in [1.165, 1.54) is 10.7 Å². The predicted molar refractivity (Wildman–Crippen MR) is 141 cm³/mol. The second-order valence-corrected chi connectivity index (χ2v) is 9.67. The van der Waals surface area contributed by atoms with Crippen molar-refractivity contribution >= 4 is 22.9 Å². The largest absolute Gasteiger partial charge is 0.456 e. The number of benzene rings is 3. The molecule has 3 aromatic carbocycles. The first kappa shape index (κ1) is 24.5. The third kappa shape index (κ3) is 4.02. The molecular weight excluding hydrogens is 524 g/mol. The lowest BCUT2D eigenvalue weighted by Gasteiger charge is -2.15. The van der Waals surface area contributed by atoms with Gasteiger partial charge in [-0.3, -0.25) is 0 Å². The Kier molecular flexibility index (Phi) is 5.66. The van der Waals surface area contributed by atoms with Crippen LogP contribution in [0.25, 0.3) is 39.0 Å². The maximum Gasteiger partial charge on any atom is 0.295 e. The summed E-state index contributed by atoms with van der Waals surface area (Å²) in [5.74, 6) is -1.30. The number of nitrogens with one attached hydrogen (secondary N) is 1. The molecule has 0 amide bonds. The molecule has 2 aliphatic heterocycles. The molecule has 0 radical (unpaired) electrons. The van der Waals surface area contributed by atoms with Crippen molar-refractivity contribution in [3.05, 3.63) is 66.2 Å². The van der Waals surface area contributed by atoms with Crippen molar-refractivity contribution in [2.75, 3.05) is 24.7 Å². The van der Waals surface area contributed by atoms with Crippen molar-refractivity contribution in [1.29, 1.82) is 0 Å². The molecular formula is C27H23F2N7O4. The lowest BCUT2D eigenvalue weighted by Crippen LogP contribution is -2.34. The van der Waals surface area contributed by atoms with E-state index in [2.05, 4.69) is 20.1 Å². The molecule has 2 aromatic heterocycles. The van der Waals surface area contributed by atoms with E-state index in [1.807, 2.05) is 24.3 Å². The number of nitrogens with two attached hydrogens (primary N) is 2. The fourth-order valence-electron chi connectivity index (χ4n) is 5.22. The first-order valence-corrected chi connectivity index (χ1v) is 12.5. The summed E-state index contributed by atoms with van der Waals surface area (Å²) in [7, 11) is 0. The summed E-state index contributed by atoms with van der Waals surface area (Å²) >= 11 is 0. The van der Waals surface area contributed by atoms with Crippen LogP contribution in [0.1, 0.15) is 0 Å². The first-order chi connectivity index (χ1) is 19.4. The standard InChI is InChI=1S/C27H23F2N7O4/c28-16-9-17-22(33-27(32-17)40-19-11-39-23-18(37)10-38-24(19)23)21(29)20(16)14-3-1-12(2-4-14)13-5-7-15(8-6-13)36-26(31)34-25(30)35-36/h1-9,18-19,23-24,37H,10-11H2,(H,32,33)(H4,30,31,34,35)/t18-,19-,23-,24-/m1/s1. The highest BCUT2D eigenvalue weighted by Gasteiger charge is 2.48. The normalized spacial score (nSPS) is 22.2. The topological polar surface area (TPSA) is 159 Å². The molecule has 0 bridgehead atoms. The van der Waals surface area contributed by atoms with E-state index in [9.17, 15) is 5.11 Å². The van der Waals surface area contributed by atoms with Crippen LogP contribution < -0.4 is 16.2 Å². The Morgan fingerprint density at radius 1 is 0.925 bits per heavy atom. The number of aromatic nitrogens is 5. The van der Waals surface area contributed by atoms with E-state index < -0.39 is 36.1 Å². The van der Waals surface area contributed by atoms with Crippen LogP contribution >= 0.6 is 0 Å². The quantitative estimate of drug-likeness (QED) is 0.259. The zero-order chi connectivity index (χ0) is 27.5. The number of aliphatic hydroxyl groups excluding tert-OH is 1. The highest BCUT2D eigenvalue weighted by atomic mass is 19.1. The van der Waals surface area contributed by atoms with Gasteiger partial charge in [-0.15, -0.1) is 5.10 Å². The third-order valence-electron chi connectivity index (χ3n) is 7.16. The number of hydrogen-bond acceptors (Lipinski definition) is 9. The molecule has 40 heavy (non-hydrogen) atoms. The molecule has 11 nitrogen and oxygen atoms in total. The number of rotatable bonds is 5. The van der Waals surface area contributed by atoms with Crippen molar-refractivity contribution in [2.45, 2.75) is 24.4 Å². The number of fused-ring (bicyclic) bond motifs is 2. The highest BCUT2D eigenvalue weighted by molar-refractivity contribution is 5.84. The van der Waals surface area contributed by atoms with Crippen LogP contribution in [0.5, 0.6) is 6.01 Å². The van der Waals surface area contributed by atoms with E-state index in [0.717, 1.165) is 11.1 Å². The molecule has 204 valence electrons. The zero-order valence-electron chi connectivity index (χ0n) is 20.8. The van der Waals surface area contributed by atoms with Crippen molar-refractivity contribution in [3.8, 4) is 34.0 Å². The van der Waals surface area contributed by atoms with Crippen molar-refractivity contribution in [2.24, 2.45) is 0 Å². The lowest BCUT2D eigenvalue weighted by atomic mass is 9.99. The maximum atomic E-state index is 15.6. The molecule has 5 aromatic rings. The first-order valence-electron chi connectivity index (χ1n) is 12.5. The van der Waals surface area contributed by atoms with Crippen LogP contribution in [0.3, 0.4) is 0 Å². The summed E-state index contributed by atoms with van der Waals surface area (Å²) in [4.78, 5) is 10.9. The van der Waals surface area contributed by atoms with Crippen LogP contribution in [0.4, 0.5) is 20.7 Å². The number of anilines is 2. The van der Waals surface area contributed by atoms with Gasteiger partial charge in [0.25, 0.3) is 6.01 Å². The van der Waals surface area contributed by atoms with Gasteiger partial charge in [0.2, 0.25) is 11.9 Å². The number of halogens is 2. The summed E-state index contributed by atoms with van der Waals surface area (Å²) in [6, 6.07) is 15.4. The molecule has 0 spiro atoms. The number of H-pyrrole nitrogens is 1. The molecule has 0 aliphatic carbocycles. The van der Waals surface area contributed by atoms with E-state index in [4.69, 9.17) is 25.7 Å². The third-order valence-corrected chi connectivity index (χ3v) is 7.16. The van der Waals surface area contributed by atoms with Gasteiger partial charge in [-0.05, 0) is 28.8 Å². The maximum absolute atomic E-state index is 15.6. The van der Waals surface area contributed by atoms with Crippen molar-refractivity contribution in [3.63, 3.8) is 0 Å². The second kappa shape index (κ2) is 9.26. The Morgan fingerprint density at radius 3 is 2.30 bits per heavy atom. The Morgan fingerprint density at radius 2 is 1.60 bits per heavy atom. The Hall–Kier alpha value is -4.59. The number of hydrogen-bond donors (Lipinski definition) is 4. The van der Waals surface area contributed by atoms with Gasteiger partial charge in [0.15, 0.2) is 11.9 Å². The number of nitrogens with zero attached hydrogens (tertiary/aromatic N) is 4. The number of aliphatic hydroxyl groups is 1. The summed E-state index contributed by atoms with van der Waals surface area (Å²) < 4.78 is 49.1. The zero-order valence-corrected chi connectivity index (χ0v) is 20.8. The minimum Gasteiger partial charge on any atom is -0.456 e. The minimum absolute atomic E-state index is 0.0128. The van der Waals surface area contributed by atoms with Gasteiger partial charge in [-0.1, -0.05) is 36.4 Å². The Bertz CT molecular complexity index is 1720. The Balaban J connectivity index is 1.14. The average molecular weight is 548 g/mol. The van der Waals surface area contributed by atoms with Crippen LogP contribution in [-0.2, 0) is 9.47 Å². The number of ether oxygens (including phenoxy) is 3. The minimum atomic E-state index is -0.809. The molecule has 0 saturated carbocycles. The predicted octanol–water partition coefficient (Wildman–Crippen LogP) is 2.83. The van der Waals surface area contributed by atoms with E-state index in [1.54, 1.807) is 24.3 Å². The number of imidazole rings is 1. The number of aromatic amines is 1. The Labute approximate surface area is 225 Å². The van der Waals surface area contributed by atoms with Gasteiger partial charge in [0.1, 0.15) is 29.6 Å². The van der Waals surface area contributed by atoms with Crippen LogP contribution in [-0.4, -0.2) is 67.5 Å². The summed E-state index contributed by atoms with van der Waals surface area (Å²) in [5, 5.41) is 14.0. The average Bonchev–Trinajstić information content (AvgIpc) is 3.71. The van der Waals surface area contributed by atoms with Gasteiger partial charge in [0.05, 0.1) is 30.0 Å². The SMILES string of the molecule is Nc1nc(N)n(-c2ccc(-c3ccc(-c4c(F)cc5[nH]c(O[C@@H]6CO[C@H]7[C@@H]6OC[C@H]7O)nc5c4F)cc3)cc2)n1. The van der Waals surface area contributed by atoms with Crippen molar-refractivity contribution in [1.82, 2.24) is 24.7 Å². The fraction of sp³-hybridized carbons (Fsp3) is 0.222.